The van der Waals surface area contributed by atoms with Crippen LogP contribution in [0.25, 0.3) is 0 Å². The van der Waals surface area contributed by atoms with E-state index in [-0.39, 0.29) is 25.2 Å². The molecule has 0 fully saturated rings. The summed E-state index contributed by atoms with van der Waals surface area (Å²) in [5, 5.41) is 9.60. The summed E-state index contributed by atoms with van der Waals surface area (Å²) in [4.78, 5) is 24.4. The van der Waals surface area contributed by atoms with E-state index in [1.54, 1.807) is 0 Å². The van der Waals surface area contributed by atoms with E-state index in [0.29, 0.717) is 12.8 Å². The Morgan fingerprint density at radius 1 is 0.407 bits per heavy atom. The second-order valence-electron chi connectivity index (χ2n) is 16.2. The number of carbonyl (C=O) groups excluding carboxylic acids is 2. The molecule has 1 N–H and O–H groups in total. The van der Waals surface area contributed by atoms with Crippen molar-refractivity contribution in [2.45, 2.75) is 264 Å². The molecule has 54 heavy (non-hydrogen) atoms. The highest BCUT2D eigenvalue weighted by Crippen LogP contribution is 2.15. The van der Waals surface area contributed by atoms with Gasteiger partial charge in [-0.1, -0.05) is 205 Å². The van der Waals surface area contributed by atoms with Crippen molar-refractivity contribution in [3.63, 3.8) is 0 Å². The molecule has 0 aliphatic carbocycles. The molecular weight excluding hydrogens is 669 g/mol. The summed E-state index contributed by atoms with van der Waals surface area (Å²) < 4.78 is 10.7. The van der Waals surface area contributed by atoms with E-state index in [2.05, 4.69) is 38.2 Å². The second kappa shape index (κ2) is 45.8. The molecular formula is C49H92O5. The summed E-state index contributed by atoms with van der Waals surface area (Å²) in [6, 6.07) is 0. The third-order valence-electron chi connectivity index (χ3n) is 10.7. The Bertz CT molecular complexity index is 821. The highest BCUT2D eigenvalue weighted by Gasteiger charge is 2.16. The third kappa shape index (κ3) is 43.1. The third-order valence-corrected chi connectivity index (χ3v) is 10.7. The molecule has 0 aromatic rings. The topological polar surface area (TPSA) is 72.8 Å². The van der Waals surface area contributed by atoms with Crippen LogP contribution in [0.15, 0.2) is 24.3 Å². The zero-order valence-electron chi connectivity index (χ0n) is 36.3. The van der Waals surface area contributed by atoms with Crippen molar-refractivity contribution in [2.24, 2.45) is 0 Å². The lowest BCUT2D eigenvalue weighted by molar-refractivity contribution is -0.161. The summed E-state index contributed by atoms with van der Waals surface area (Å²) in [6.07, 6.45) is 55.4. The Morgan fingerprint density at radius 2 is 0.685 bits per heavy atom. The van der Waals surface area contributed by atoms with Crippen molar-refractivity contribution in [1.82, 2.24) is 0 Å². The van der Waals surface area contributed by atoms with Crippen LogP contribution in [0.4, 0.5) is 0 Å². The minimum Gasteiger partial charge on any atom is -0.462 e. The van der Waals surface area contributed by atoms with Crippen LogP contribution in [0.5, 0.6) is 0 Å². The van der Waals surface area contributed by atoms with E-state index in [4.69, 9.17) is 9.47 Å². The molecule has 0 aromatic carbocycles. The quantitative estimate of drug-likeness (QED) is 0.0380. The number of unbranched alkanes of at least 4 members (excludes halogenated alkanes) is 32. The predicted molar refractivity (Wildman–Crippen MR) is 233 cm³/mol. The van der Waals surface area contributed by atoms with Crippen molar-refractivity contribution in [3.8, 4) is 0 Å². The first-order chi connectivity index (χ1) is 26.6. The minimum absolute atomic E-state index is 0.0630. The minimum atomic E-state index is -0.770. The average molecular weight is 761 g/mol. The summed E-state index contributed by atoms with van der Waals surface area (Å²) in [6.45, 7) is 4.16. The molecule has 0 aliphatic heterocycles. The Morgan fingerprint density at radius 3 is 1.00 bits per heavy atom. The van der Waals surface area contributed by atoms with E-state index in [1.807, 2.05) is 0 Å². The van der Waals surface area contributed by atoms with Crippen molar-refractivity contribution < 1.29 is 24.2 Å². The largest absolute Gasteiger partial charge is 0.462 e. The standard InChI is InChI=1S/C49H92O5/c1-3-5-7-9-11-13-15-17-19-21-23-24-26-27-29-31-33-35-37-39-41-43-48(51)53-46-47(45-50)54-49(52)44-42-40-38-36-34-32-30-28-25-22-20-18-16-14-12-10-8-6-4-2/h17-20,47,50H,3-16,21-46H2,1-2H3. The van der Waals surface area contributed by atoms with E-state index >= 15 is 0 Å². The van der Waals surface area contributed by atoms with Crippen molar-refractivity contribution in [2.75, 3.05) is 13.2 Å². The first-order valence-corrected chi connectivity index (χ1v) is 23.9. The maximum absolute atomic E-state index is 12.2. The number of hydrogen-bond donors (Lipinski definition) is 1. The molecule has 0 amide bonds. The number of esters is 2. The van der Waals surface area contributed by atoms with Crippen LogP contribution in [-0.2, 0) is 19.1 Å². The number of hydrogen-bond acceptors (Lipinski definition) is 5. The molecule has 0 rings (SSSR count). The Kier molecular flexibility index (Phi) is 44.4. The molecule has 318 valence electrons. The van der Waals surface area contributed by atoms with Crippen LogP contribution in [0.1, 0.15) is 258 Å². The van der Waals surface area contributed by atoms with Gasteiger partial charge in [0.25, 0.3) is 0 Å². The fraction of sp³-hybridized carbons (Fsp3) is 0.878. The highest BCUT2D eigenvalue weighted by atomic mass is 16.6. The van der Waals surface area contributed by atoms with E-state index in [0.717, 1.165) is 38.5 Å². The van der Waals surface area contributed by atoms with Gasteiger partial charge in [-0.3, -0.25) is 9.59 Å². The fourth-order valence-corrected chi connectivity index (χ4v) is 7.07. The Labute approximate surface area is 336 Å². The molecule has 1 unspecified atom stereocenters. The van der Waals surface area contributed by atoms with E-state index < -0.39 is 6.10 Å². The van der Waals surface area contributed by atoms with Gasteiger partial charge in [0.2, 0.25) is 0 Å². The first-order valence-electron chi connectivity index (χ1n) is 23.9. The summed E-state index contributed by atoms with van der Waals surface area (Å²) in [5.74, 6) is -0.582. The zero-order valence-corrected chi connectivity index (χ0v) is 36.3. The molecule has 0 radical (unpaired) electrons. The fourth-order valence-electron chi connectivity index (χ4n) is 7.07. The van der Waals surface area contributed by atoms with Gasteiger partial charge < -0.3 is 14.6 Å². The molecule has 5 heteroatoms. The SMILES string of the molecule is CCCCCCCCC=CCCCCCCCCCCCCCC(=O)OCC(CO)OC(=O)CCCCCCCCCCCC=CCCCCCCCC. The van der Waals surface area contributed by atoms with Gasteiger partial charge >= 0.3 is 11.9 Å². The number of ether oxygens (including phenoxy) is 2. The number of rotatable bonds is 44. The maximum atomic E-state index is 12.2. The normalized spacial score (nSPS) is 12.3. The molecule has 0 aromatic heterocycles. The maximum Gasteiger partial charge on any atom is 0.306 e. The van der Waals surface area contributed by atoms with Crippen molar-refractivity contribution >= 4 is 11.9 Å². The van der Waals surface area contributed by atoms with E-state index in [9.17, 15) is 14.7 Å². The average Bonchev–Trinajstić information content (AvgIpc) is 3.17. The first kappa shape index (κ1) is 52.4. The van der Waals surface area contributed by atoms with Crippen LogP contribution in [0, 0.1) is 0 Å². The van der Waals surface area contributed by atoms with Crippen LogP contribution in [0.3, 0.4) is 0 Å². The Hall–Kier alpha value is -1.62. The van der Waals surface area contributed by atoms with Gasteiger partial charge in [0.15, 0.2) is 6.10 Å². The Balaban J connectivity index is 3.48. The van der Waals surface area contributed by atoms with Crippen LogP contribution in [-0.4, -0.2) is 36.4 Å². The number of aliphatic hydroxyl groups is 1. The van der Waals surface area contributed by atoms with Crippen molar-refractivity contribution in [3.05, 3.63) is 24.3 Å². The number of allylic oxidation sites excluding steroid dienone is 4. The van der Waals surface area contributed by atoms with Gasteiger partial charge in [-0.05, 0) is 64.2 Å². The lowest BCUT2D eigenvalue weighted by Gasteiger charge is -2.15. The van der Waals surface area contributed by atoms with Crippen LogP contribution < -0.4 is 0 Å². The smallest absolute Gasteiger partial charge is 0.306 e. The molecule has 0 spiro atoms. The molecule has 0 heterocycles. The lowest BCUT2D eigenvalue weighted by Crippen LogP contribution is -2.28. The molecule has 5 nitrogen and oxygen atoms in total. The molecule has 1 atom stereocenters. The highest BCUT2D eigenvalue weighted by molar-refractivity contribution is 5.70. The summed E-state index contributed by atoms with van der Waals surface area (Å²) in [5.41, 5.74) is 0. The van der Waals surface area contributed by atoms with Gasteiger partial charge in [-0.15, -0.1) is 0 Å². The molecule has 0 saturated heterocycles. The monoisotopic (exact) mass is 761 g/mol. The predicted octanol–water partition coefficient (Wildman–Crippen LogP) is 15.4. The molecule has 0 bridgehead atoms. The van der Waals surface area contributed by atoms with Gasteiger partial charge in [0, 0.05) is 12.8 Å². The van der Waals surface area contributed by atoms with Gasteiger partial charge in [-0.2, -0.15) is 0 Å². The number of aliphatic hydroxyl groups excluding tert-OH is 1. The van der Waals surface area contributed by atoms with Gasteiger partial charge in [0.05, 0.1) is 6.61 Å². The lowest BCUT2D eigenvalue weighted by atomic mass is 10.0. The van der Waals surface area contributed by atoms with E-state index in [1.165, 1.54) is 193 Å². The van der Waals surface area contributed by atoms with Crippen LogP contribution >= 0.6 is 0 Å². The summed E-state index contributed by atoms with van der Waals surface area (Å²) >= 11 is 0. The second-order valence-corrected chi connectivity index (χ2v) is 16.2. The van der Waals surface area contributed by atoms with Gasteiger partial charge in [-0.25, -0.2) is 0 Å². The molecule has 0 saturated carbocycles. The van der Waals surface area contributed by atoms with Gasteiger partial charge in [0.1, 0.15) is 6.61 Å². The van der Waals surface area contributed by atoms with Crippen LogP contribution in [0.2, 0.25) is 0 Å². The summed E-state index contributed by atoms with van der Waals surface area (Å²) in [7, 11) is 0. The number of carbonyl (C=O) groups is 2. The zero-order chi connectivity index (χ0) is 39.3. The molecule has 0 aliphatic rings. The van der Waals surface area contributed by atoms with Crippen molar-refractivity contribution in [1.29, 1.82) is 0 Å².